The first-order valence-corrected chi connectivity index (χ1v) is 8.14. The molecule has 0 aromatic heterocycles. The van der Waals surface area contributed by atoms with Crippen molar-refractivity contribution in [2.75, 3.05) is 25.6 Å². The van der Waals surface area contributed by atoms with Crippen molar-refractivity contribution < 1.29 is 9.53 Å². The predicted octanol–water partition coefficient (Wildman–Crippen LogP) is 3.98. The molecule has 112 valence electrons. The van der Waals surface area contributed by atoms with E-state index in [1.807, 2.05) is 36.4 Å². The molecule has 2 aromatic carbocycles. The van der Waals surface area contributed by atoms with E-state index in [0.717, 1.165) is 21.7 Å². The van der Waals surface area contributed by atoms with Gasteiger partial charge in [-0.2, -0.15) is 0 Å². The lowest BCUT2D eigenvalue weighted by atomic mass is 10.1. The minimum atomic E-state index is -0.0582. The van der Waals surface area contributed by atoms with E-state index in [4.69, 9.17) is 16.3 Å². The first kappa shape index (κ1) is 16.3. The highest BCUT2D eigenvalue weighted by molar-refractivity contribution is 9.10. The molecule has 5 heteroatoms. The van der Waals surface area contributed by atoms with Crippen molar-refractivity contribution in [2.45, 2.75) is 6.42 Å². The molecule has 0 saturated carbocycles. The van der Waals surface area contributed by atoms with Crippen LogP contribution in [0, 0.1) is 0 Å². The molecule has 0 atom stereocenters. The maximum atomic E-state index is 12.1. The molecule has 21 heavy (non-hydrogen) atoms. The summed E-state index contributed by atoms with van der Waals surface area (Å²) in [6.45, 7) is 1.76. The molecule has 2 aromatic rings. The Morgan fingerprint density at radius 3 is 2.71 bits per heavy atom. The number of alkyl halides is 1. The normalized spacial score (nSPS) is 10.8. The fourth-order valence-corrected chi connectivity index (χ4v) is 2.48. The zero-order valence-electron chi connectivity index (χ0n) is 11.6. The molecule has 1 N–H and O–H groups in total. The van der Waals surface area contributed by atoms with E-state index in [1.54, 1.807) is 0 Å². The average Bonchev–Trinajstić information content (AvgIpc) is 2.50. The zero-order valence-corrected chi connectivity index (χ0v) is 13.9. The monoisotopic (exact) mass is 369 g/mol. The van der Waals surface area contributed by atoms with Crippen molar-refractivity contribution in [1.82, 2.24) is 5.32 Å². The molecule has 0 aliphatic heterocycles. The Hall–Kier alpha value is -1.10. The Kier molecular flexibility index (Phi) is 6.49. The number of fused-ring (bicyclic) bond motifs is 1. The number of amides is 1. The van der Waals surface area contributed by atoms with E-state index in [-0.39, 0.29) is 5.91 Å². The van der Waals surface area contributed by atoms with Crippen molar-refractivity contribution in [2.24, 2.45) is 0 Å². The van der Waals surface area contributed by atoms with Gasteiger partial charge in [-0.15, -0.1) is 11.6 Å². The van der Waals surface area contributed by atoms with Gasteiger partial charge in [-0.1, -0.05) is 28.1 Å². The lowest BCUT2D eigenvalue weighted by molar-refractivity contribution is 0.0944. The molecule has 0 fully saturated rings. The van der Waals surface area contributed by atoms with Gasteiger partial charge in [0.1, 0.15) is 0 Å². The van der Waals surface area contributed by atoms with Crippen molar-refractivity contribution in [1.29, 1.82) is 0 Å². The highest BCUT2D eigenvalue weighted by Crippen LogP contribution is 2.20. The number of nitrogens with one attached hydrogen (secondary N) is 1. The van der Waals surface area contributed by atoms with Gasteiger partial charge in [0.2, 0.25) is 0 Å². The van der Waals surface area contributed by atoms with Crippen LogP contribution in [0.5, 0.6) is 0 Å². The maximum absolute atomic E-state index is 12.1. The minimum absolute atomic E-state index is 0.0582. The fraction of sp³-hybridized carbons (Fsp3) is 0.312. The Balaban J connectivity index is 1.89. The third-order valence-corrected chi connectivity index (χ3v) is 3.68. The van der Waals surface area contributed by atoms with Gasteiger partial charge in [-0.3, -0.25) is 4.79 Å². The molecule has 0 aliphatic rings. The van der Waals surface area contributed by atoms with Gasteiger partial charge in [0, 0.05) is 29.1 Å². The first-order chi connectivity index (χ1) is 10.2. The molecule has 0 radical (unpaired) electrons. The molecule has 2 rings (SSSR count). The van der Waals surface area contributed by atoms with Crippen LogP contribution in [0.3, 0.4) is 0 Å². The van der Waals surface area contributed by atoms with Crippen molar-refractivity contribution in [3.8, 4) is 0 Å². The molecule has 0 heterocycles. The fourth-order valence-electron chi connectivity index (χ4n) is 1.99. The molecule has 3 nitrogen and oxygen atoms in total. The van der Waals surface area contributed by atoms with E-state index in [2.05, 4.69) is 21.2 Å². The number of hydrogen-bond donors (Lipinski definition) is 1. The second-order valence-corrected chi connectivity index (χ2v) is 5.91. The molecular weight excluding hydrogens is 354 g/mol. The summed E-state index contributed by atoms with van der Waals surface area (Å²) in [7, 11) is 0. The van der Waals surface area contributed by atoms with E-state index >= 15 is 0 Å². The Labute approximate surface area is 137 Å². The summed E-state index contributed by atoms with van der Waals surface area (Å²) >= 11 is 8.95. The summed E-state index contributed by atoms with van der Waals surface area (Å²) in [4.78, 5) is 12.1. The van der Waals surface area contributed by atoms with Crippen LogP contribution in [-0.4, -0.2) is 31.5 Å². The molecular formula is C16H17BrClNO2. The molecule has 0 saturated heterocycles. The standard InChI is InChI=1S/C16H17BrClNO2/c17-15-5-4-12-10-14(3-2-13(12)11-15)16(20)19-7-1-8-21-9-6-18/h2-5,10-11H,1,6-9H2,(H,19,20). The van der Waals surface area contributed by atoms with Crippen LogP contribution in [0.4, 0.5) is 0 Å². The van der Waals surface area contributed by atoms with Crippen LogP contribution < -0.4 is 5.32 Å². The lowest BCUT2D eigenvalue weighted by Crippen LogP contribution is -2.25. The SMILES string of the molecule is O=C(NCCCOCCCl)c1ccc2cc(Br)ccc2c1. The lowest BCUT2D eigenvalue weighted by Gasteiger charge is -2.07. The summed E-state index contributed by atoms with van der Waals surface area (Å²) < 4.78 is 6.28. The van der Waals surface area contributed by atoms with Gasteiger partial charge < -0.3 is 10.1 Å². The minimum Gasteiger partial charge on any atom is -0.380 e. The van der Waals surface area contributed by atoms with Gasteiger partial charge in [-0.05, 0) is 41.5 Å². The summed E-state index contributed by atoms with van der Waals surface area (Å²) in [5.74, 6) is 0.441. The van der Waals surface area contributed by atoms with Crippen molar-refractivity contribution >= 4 is 44.2 Å². The summed E-state index contributed by atoms with van der Waals surface area (Å²) in [6.07, 6.45) is 0.781. The highest BCUT2D eigenvalue weighted by atomic mass is 79.9. The first-order valence-electron chi connectivity index (χ1n) is 6.82. The Morgan fingerprint density at radius 1 is 1.14 bits per heavy atom. The van der Waals surface area contributed by atoms with Gasteiger partial charge in [-0.25, -0.2) is 0 Å². The second-order valence-electron chi connectivity index (χ2n) is 4.62. The van der Waals surface area contributed by atoms with Gasteiger partial charge >= 0.3 is 0 Å². The van der Waals surface area contributed by atoms with Crippen LogP contribution in [0.25, 0.3) is 10.8 Å². The third kappa shape index (κ3) is 4.99. The highest BCUT2D eigenvalue weighted by Gasteiger charge is 2.05. The van der Waals surface area contributed by atoms with Crippen LogP contribution in [0.15, 0.2) is 40.9 Å². The molecule has 0 unspecified atom stereocenters. The largest absolute Gasteiger partial charge is 0.380 e. The van der Waals surface area contributed by atoms with Crippen molar-refractivity contribution in [3.63, 3.8) is 0 Å². The van der Waals surface area contributed by atoms with E-state index < -0.39 is 0 Å². The van der Waals surface area contributed by atoms with E-state index in [1.165, 1.54) is 0 Å². The topological polar surface area (TPSA) is 38.3 Å². The summed E-state index contributed by atoms with van der Waals surface area (Å²) in [5, 5.41) is 5.05. The van der Waals surface area contributed by atoms with Crippen LogP contribution in [0.1, 0.15) is 16.8 Å². The Morgan fingerprint density at radius 2 is 1.90 bits per heavy atom. The molecule has 0 bridgehead atoms. The van der Waals surface area contributed by atoms with Crippen LogP contribution >= 0.6 is 27.5 Å². The van der Waals surface area contributed by atoms with Crippen LogP contribution in [0.2, 0.25) is 0 Å². The number of halogens is 2. The summed E-state index contributed by atoms with van der Waals surface area (Å²) in [6, 6.07) is 11.7. The van der Waals surface area contributed by atoms with Gasteiger partial charge in [0.25, 0.3) is 5.91 Å². The van der Waals surface area contributed by atoms with Crippen LogP contribution in [-0.2, 0) is 4.74 Å². The second kappa shape index (κ2) is 8.37. The van der Waals surface area contributed by atoms with E-state index in [9.17, 15) is 4.79 Å². The molecule has 0 spiro atoms. The maximum Gasteiger partial charge on any atom is 0.251 e. The molecule has 1 amide bonds. The number of hydrogen-bond acceptors (Lipinski definition) is 2. The van der Waals surface area contributed by atoms with Gasteiger partial charge in [0.15, 0.2) is 0 Å². The number of carbonyl (C=O) groups excluding carboxylic acids is 1. The predicted molar refractivity (Wildman–Crippen MR) is 90.1 cm³/mol. The van der Waals surface area contributed by atoms with Gasteiger partial charge in [0.05, 0.1) is 6.61 Å². The third-order valence-electron chi connectivity index (χ3n) is 3.04. The smallest absolute Gasteiger partial charge is 0.251 e. The average molecular weight is 371 g/mol. The van der Waals surface area contributed by atoms with E-state index in [0.29, 0.717) is 31.2 Å². The zero-order chi connectivity index (χ0) is 15.1. The number of benzene rings is 2. The number of ether oxygens (including phenoxy) is 1. The quantitative estimate of drug-likeness (QED) is 0.591. The molecule has 0 aliphatic carbocycles. The van der Waals surface area contributed by atoms with Crippen molar-refractivity contribution in [3.05, 3.63) is 46.4 Å². The Bertz CT molecular complexity index is 618. The summed E-state index contributed by atoms with van der Waals surface area (Å²) in [5.41, 5.74) is 0.673. The number of rotatable bonds is 7. The number of carbonyl (C=O) groups is 1.